The van der Waals surface area contributed by atoms with Crippen molar-refractivity contribution < 1.29 is 29.0 Å². The van der Waals surface area contributed by atoms with Gasteiger partial charge >= 0.3 is 5.97 Å². The van der Waals surface area contributed by atoms with E-state index < -0.39 is 11.9 Å². The monoisotopic (exact) mass is 364 g/mol. The summed E-state index contributed by atoms with van der Waals surface area (Å²) in [4.78, 5) is 38.5. The summed E-state index contributed by atoms with van der Waals surface area (Å²) in [6.07, 6.45) is 0.535. The molecule has 0 unspecified atom stereocenters. The Morgan fingerprint density at radius 1 is 1.27 bits per heavy atom. The smallest absolute Gasteiger partial charge is 0.303 e. The van der Waals surface area contributed by atoms with Crippen LogP contribution in [-0.4, -0.2) is 62.1 Å². The van der Waals surface area contributed by atoms with E-state index in [-0.39, 0.29) is 31.2 Å². The summed E-state index contributed by atoms with van der Waals surface area (Å²) in [7, 11) is 4.69. The number of carboxylic acids is 1. The quantitative estimate of drug-likeness (QED) is 0.749. The predicted molar refractivity (Wildman–Crippen MR) is 94.5 cm³/mol. The molecule has 1 fully saturated rings. The van der Waals surface area contributed by atoms with Crippen LogP contribution in [0.1, 0.15) is 19.3 Å². The number of nitrogens with zero attached hydrogens (tertiary/aromatic N) is 2. The van der Waals surface area contributed by atoms with E-state index in [9.17, 15) is 14.4 Å². The van der Waals surface area contributed by atoms with Crippen LogP contribution < -0.4 is 14.4 Å². The molecule has 0 spiro atoms. The molecule has 0 radical (unpaired) electrons. The van der Waals surface area contributed by atoms with Crippen LogP contribution in [0.25, 0.3) is 0 Å². The zero-order chi connectivity index (χ0) is 19.3. The van der Waals surface area contributed by atoms with E-state index in [1.165, 1.54) is 19.1 Å². The molecule has 8 heteroatoms. The summed E-state index contributed by atoms with van der Waals surface area (Å²) < 4.78 is 10.5. The van der Waals surface area contributed by atoms with E-state index in [1.807, 2.05) is 0 Å². The fourth-order valence-electron chi connectivity index (χ4n) is 3.00. The van der Waals surface area contributed by atoms with E-state index in [4.69, 9.17) is 14.6 Å². The molecule has 0 saturated carbocycles. The van der Waals surface area contributed by atoms with Crippen molar-refractivity contribution in [2.75, 3.05) is 39.3 Å². The highest BCUT2D eigenvalue weighted by Gasteiger charge is 2.36. The van der Waals surface area contributed by atoms with Gasteiger partial charge in [-0.25, -0.2) is 0 Å². The predicted octanol–water partition coefficient (Wildman–Crippen LogP) is 1.38. The van der Waals surface area contributed by atoms with Crippen LogP contribution in [-0.2, 0) is 14.4 Å². The van der Waals surface area contributed by atoms with Crippen molar-refractivity contribution in [3.63, 3.8) is 0 Å². The first-order chi connectivity index (χ1) is 12.4. The summed E-state index contributed by atoms with van der Waals surface area (Å²) in [5, 5.41) is 8.68. The Morgan fingerprint density at radius 3 is 2.58 bits per heavy atom. The number of benzene rings is 1. The standard InChI is InChI=1S/C18H24N2O6/c1-19(8-4-5-17(22)23)18(24)12-9-16(21)20(11-12)13-6-7-14(25-2)15(10-13)26-3/h6-7,10,12H,4-5,8-9,11H2,1-3H3,(H,22,23)/t12-/m0/s1. The highest BCUT2D eigenvalue weighted by Crippen LogP contribution is 2.34. The Kier molecular flexibility index (Phi) is 6.43. The Balaban J connectivity index is 2.03. The van der Waals surface area contributed by atoms with Crippen molar-refractivity contribution in [2.24, 2.45) is 5.92 Å². The number of hydrogen-bond donors (Lipinski definition) is 1. The molecule has 1 N–H and O–H groups in total. The summed E-state index contributed by atoms with van der Waals surface area (Å²) in [5.41, 5.74) is 0.650. The largest absolute Gasteiger partial charge is 0.493 e. The zero-order valence-electron chi connectivity index (χ0n) is 15.2. The van der Waals surface area contributed by atoms with Crippen molar-refractivity contribution in [2.45, 2.75) is 19.3 Å². The summed E-state index contributed by atoms with van der Waals surface area (Å²) in [6.45, 7) is 0.641. The molecule has 1 aliphatic rings. The third-order valence-electron chi connectivity index (χ3n) is 4.41. The van der Waals surface area contributed by atoms with E-state index in [2.05, 4.69) is 0 Å². The van der Waals surface area contributed by atoms with Gasteiger partial charge in [0.05, 0.1) is 20.1 Å². The average molecular weight is 364 g/mol. The first-order valence-corrected chi connectivity index (χ1v) is 8.36. The summed E-state index contributed by atoms with van der Waals surface area (Å²) in [6, 6.07) is 5.18. The summed E-state index contributed by atoms with van der Waals surface area (Å²) in [5.74, 6) is -0.528. The highest BCUT2D eigenvalue weighted by atomic mass is 16.5. The molecule has 8 nitrogen and oxygen atoms in total. The topological polar surface area (TPSA) is 96.4 Å². The maximum Gasteiger partial charge on any atom is 0.303 e. The molecule has 1 atom stereocenters. The second-order valence-electron chi connectivity index (χ2n) is 6.20. The molecular weight excluding hydrogens is 340 g/mol. The van der Waals surface area contributed by atoms with Crippen molar-refractivity contribution in [3.05, 3.63) is 18.2 Å². The molecule has 142 valence electrons. The maximum atomic E-state index is 12.5. The number of rotatable bonds is 8. The van der Waals surface area contributed by atoms with E-state index in [0.717, 1.165) is 0 Å². The van der Waals surface area contributed by atoms with E-state index in [1.54, 1.807) is 30.1 Å². The molecule has 1 heterocycles. The molecule has 1 saturated heterocycles. The van der Waals surface area contributed by atoms with Gasteiger partial charge in [0.1, 0.15) is 0 Å². The van der Waals surface area contributed by atoms with Gasteiger partial charge in [-0.2, -0.15) is 0 Å². The lowest BCUT2D eigenvalue weighted by Crippen LogP contribution is -2.35. The van der Waals surface area contributed by atoms with E-state index in [0.29, 0.717) is 30.2 Å². The molecule has 1 aromatic rings. The van der Waals surface area contributed by atoms with Gasteiger partial charge in [-0.3, -0.25) is 14.4 Å². The van der Waals surface area contributed by atoms with Crippen molar-refractivity contribution in [3.8, 4) is 11.5 Å². The molecule has 2 amide bonds. The second kappa shape index (κ2) is 8.55. The average Bonchev–Trinajstić information content (AvgIpc) is 3.01. The third kappa shape index (κ3) is 4.44. The van der Waals surface area contributed by atoms with Gasteiger partial charge in [-0.1, -0.05) is 0 Å². The van der Waals surface area contributed by atoms with E-state index >= 15 is 0 Å². The number of carboxylic acid groups (broad SMARTS) is 1. The minimum atomic E-state index is -0.887. The van der Waals surface area contributed by atoms with Gasteiger partial charge < -0.3 is 24.4 Å². The summed E-state index contributed by atoms with van der Waals surface area (Å²) >= 11 is 0. The van der Waals surface area contributed by atoms with Crippen molar-refractivity contribution >= 4 is 23.5 Å². The lowest BCUT2D eigenvalue weighted by molar-refractivity contribution is -0.138. The van der Waals surface area contributed by atoms with Gasteiger partial charge in [0.25, 0.3) is 0 Å². The molecule has 2 rings (SSSR count). The van der Waals surface area contributed by atoms with Crippen molar-refractivity contribution in [1.29, 1.82) is 0 Å². The number of aliphatic carboxylic acids is 1. The Labute approximate surface area is 152 Å². The molecule has 0 aliphatic carbocycles. The number of ether oxygens (including phenoxy) is 2. The Hall–Kier alpha value is -2.77. The number of hydrogen-bond acceptors (Lipinski definition) is 5. The molecule has 0 bridgehead atoms. The number of carbonyl (C=O) groups is 3. The number of anilines is 1. The van der Waals surface area contributed by atoms with Crippen molar-refractivity contribution in [1.82, 2.24) is 4.90 Å². The van der Waals surface area contributed by atoms with Gasteiger partial charge in [-0.15, -0.1) is 0 Å². The van der Waals surface area contributed by atoms with Gasteiger partial charge in [0.2, 0.25) is 11.8 Å². The SMILES string of the molecule is COc1ccc(N2C[C@@H](C(=O)N(C)CCCC(=O)O)CC2=O)cc1OC. The lowest BCUT2D eigenvalue weighted by Gasteiger charge is -2.21. The number of amides is 2. The van der Waals surface area contributed by atoms with Crippen LogP contribution in [0.4, 0.5) is 5.69 Å². The fourth-order valence-corrected chi connectivity index (χ4v) is 3.00. The van der Waals surface area contributed by atoms with Gasteiger partial charge in [-0.05, 0) is 18.6 Å². The maximum absolute atomic E-state index is 12.5. The fraction of sp³-hybridized carbons (Fsp3) is 0.500. The minimum Gasteiger partial charge on any atom is -0.493 e. The third-order valence-corrected chi connectivity index (χ3v) is 4.41. The van der Waals surface area contributed by atoms with Gasteiger partial charge in [0, 0.05) is 44.7 Å². The Morgan fingerprint density at radius 2 is 1.96 bits per heavy atom. The molecule has 1 aliphatic heterocycles. The first-order valence-electron chi connectivity index (χ1n) is 8.36. The van der Waals surface area contributed by atoms with Gasteiger partial charge in [0.15, 0.2) is 11.5 Å². The minimum absolute atomic E-state index is 0.0129. The molecule has 1 aromatic carbocycles. The molecule has 26 heavy (non-hydrogen) atoms. The number of carbonyl (C=O) groups excluding carboxylic acids is 2. The van der Waals surface area contributed by atoms with Crippen LogP contribution >= 0.6 is 0 Å². The molecule has 0 aromatic heterocycles. The second-order valence-corrected chi connectivity index (χ2v) is 6.20. The van der Waals surface area contributed by atoms with Crippen LogP contribution in [0, 0.1) is 5.92 Å². The zero-order valence-corrected chi connectivity index (χ0v) is 15.2. The molecular formula is C18H24N2O6. The van der Waals surface area contributed by atoms with Crippen LogP contribution in [0.2, 0.25) is 0 Å². The van der Waals surface area contributed by atoms with Crippen LogP contribution in [0.3, 0.4) is 0 Å². The number of methoxy groups -OCH3 is 2. The van der Waals surface area contributed by atoms with Crippen LogP contribution in [0.15, 0.2) is 18.2 Å². The first kappa shape index (κ1) is 19.6. The highest BCUT2D eigenvalue weighted by molar-refractivity contribution is 6.00. The Bertz CT molecular complexity index is 690. The normalized spacial score (nSPS) is 16.5. The van der Waals surface area contributed by atoms with Crippen LogP contribution in [0.5, 0.6) is 11.5 Å². The lowest BCUT2D eigenvalue weighted by atomic mass is 10.1.